The van der Waals surface area contributed by atoms with E-state index in [1.54, 1.807) is 69.4 Å². The molecule has 0 aliphatic carbocycles. The number of pyridine rings is 1. The Kier molecular flexibility index (Phi) is 10.7. The zero-order valence-electron chi connectivity index (χ0n) is 28.4. The van der Waals surface area contributed by atoms with E-state index in [-0.39, 0.29) is 53.2 Å². The van der Waals surface area contributed by atoms with Crippen LogP contribution in [0, 0.1) is 5.82 Å². The van der Waals surface area contributed by atoms with Crippen LogP contribution in [0.1, 0.15) is 64.3 Å². The lowest BCUT2D eigenvalue weighted by Crippen LogP contribution is -2.40. The van der Waals surface area contributed by atoms with Crippen LogP contribution in [0.25, 0.3) is 10.8 Å². The molecule has 12 nitrogen and oxygen atoms in total. The molecule has 3 aromatic carbocycles. The zero-order chi connectivity index (χ0) is 36.3. The van der Waals surface area contributed by atoms with Crippen LogP contribution in [0.3, 0.4) is 0 Å². The molecule has 2 heterocycles. The zero-order valence-corrected chi connectivity index (χ0v) is 29.2. The summed E-state index contributed by atoms with van der Waals surface area (Å²) in [4.78, 5) is 32.2. The predicted molar refractivity (Wildman–Crippen MR) is 187 cm³/mol. The van der Waals surface area contributed by atoms with E-state index in [1.807, 2.05) is 0 Å². The second kappa shape index (κ2) is 14.8. The molecule has 266 valence electrons. The molecule has 5 rings (SSSR count). The number of carboxylic acid groups (broad SMARTS) is 1. The minimum atomic E-state index is -3.89. The van der Waals surface area contributed by atoms with Crippen molar-refractivity contribution in [2.75, 3.05) is 24.2 Å². The number of carbonyl (C=O) groups excluding carboxylic acids is 1. The number of hydrogen-bond acceptors (Lipinski definition) is 10. The molecular formula is C36H41FN4O8S. The van der Waals surface area contributed by atoms with Crippen molar-refractivity contribution in [3.63, 3.8) is 0 Å². The average Bonchev–Trinajstić information content (AvgIpc) is 3.47. The fourth-order valence-electron chi connectivity index (χ4n) is 6.15. The highest BCUT2D eigenvalue weighted by atomic mass is 32.2. The Hall–Kier alpha value is -5.11. The third-order valence-electron chi connectivity index (χ3n) is 8.43. The van der Waals surface area contributed by atoms with Gasteiger partial charge in [-0.05, 0) is 82.0 Å². The Balaban J connectivity index is 1.68. The van der Waals surface area contributed by atoms with Gasteiger partial charge in [-0.25, -0.2) is 22.6 Å². The second-order valence-electron chi connectivity index (χ2n) is 12.4. The first-order valence-corrected chi connectivity index (χ1v) is 17.8. The monoisotopic (exact) mass is 708 g/mol. The maximum atomic E-state index is 16.3. The van der Waals surface area contributed by atoms with Crippen LogP contribution < -0.4 is 20.5 Å². The number of fused-ring (bicyclic) bond motifs is 1. The van der Waals surface area contributed by atoms with Gasteiger partial charge in [0.15, 0.2) is 21.3 Å². The van der Waals surface area contributed by atoms with E-state index < -0.39 is 51.2 Å². The van der Waals surface area contributed by atoms with Crippen molar-refractivity contribution < 1.29 is 41.7 Å². The van der Waals surface area contributed by atoms with Crippen LogP contribution in [-0.4, -0.2) is 66.1 Å². The molecule has 0 bridgehead atoms. The molecule has 1 aromatic heterocycles. The Morgan fingerprint density at radius 3 is 2.50 bits per heavy atom. The number of halogens is 1. The van der Waals surface area contributed by atoms with Crippen molar-refractivity contribution in [1.29, 1.82) is 0 Å². The maximum absolute atomic E-state index is 16.3. The maximum Gasteiger partial charge on any atom is 0.506 e. The van der Waals surface area contributed by atoms with Gasteiger partial charge in [0.05, 0.1) is 28.9 Å². The number of anilines is 2. The number of carbonyl (C=O) groups is 2. The number of nitrogen functional groups attached to an aromatic ring is 1. The number of benzene rings is 3. The molecule has 4 aromatic rings. The minimum Gasteiger partial charge on any atom is -0.490 e. The van der Waals surface area contributed by atoms with Crippen molar-refractivity contribution in [2.24, 2.45) is 0 Å². The molecule has 1 fully saturated rings. The number of ether oxygens (including phenoxy) is 3. The molecule has 0 spiro atoms. The van der Waals surface area contributed by atoms with Crippen molar-refractivity contribution in [1.82, 2.24) is 9.88 Å². The normalized spacial score (nSPS) is 16.8. The van der Waals surface area contributed by atoms with Gasteiger partial charge in [-0.2, -0.15) is 0 Å². The van der Waals surface area contributed by atoms with Crippen molar-refractivity contribution in [3.05, 3.63) is 83.8 Å². The summed E-state index contributed by atoms with van der Waals surface area (Å²) in [5.41, 5.74) is 6.62. The van der Waals surface area contributed by atoms with Gasteiger partial charge >= 0.3 is 6.16 Å². The number of amides is 1. The summed E-state index contributed by atoms with van der Waals surface area (Å²) in [5, 5.41) is 13.4. The largest absolute Gasteiger partial charge is 0.506 e. The summed E-state index contributed by atoms with van der Waals surface area (Å²) in [6.07, 6.45) is -1.37. The van der Waals surface area contributed by atoms with E-state index in [4.69, 9.17) is 19.9 Å². The third-order valence-corrected chi connectivity index (χ3v) is 10.7. The molecule has 1 aliphatic rings. The SMILES string of the molecule is CCOc1cc([C@@H](Nc2ccc3c(N)nccc3c2)C(=O)N2CC[C@H](OC(=O)O)[C@H]2c2ccccc2S(=O)(=O)C(C)C)c(F)cc1OC(C)C. The molecule has 4 N–H and O–H groups in total. The van der Waals surface area contributed by atoms with E-state index in [9.17, 15) is 23.1 Å². The lowest BCUT2D eigenvalue weighted by molar-refractivity contribution is -0.134. The van der Waals surface area contributed by atoms with E-state index in [1.165, 1.54) is 30.9 Å². The molecule has 3 atom stereocenters. The Bertz CT molecular complexity index is 2010. The number of hydrogen-bond donors (Lipinski definition) is 3. The number of nitrogens with one attached hydrogen (secondary N) is 1. The fraction of sp³-hybridized carbons (Fsp3) is 0.361. The van der Waals surface area contributed by atoms with E-state index in [0.717, 1.165) is 6.07 Å². The van der Waals surface area contributed by atoms with Crippen molar-refractivity contribution >= 4 is 44.2 Å². The van der Waals surface area contributed by atoms with Gasteiger partial charge < -0.3 is 35.3 Å². The second-order valence-corrected chi connectivity index (χ2v) is 14.9. The predicted octanol–water partition coefficient (Wildman–Crippen LogP) is 6.51. The van der Waals surface area contributed by atoms with E-state index >= 15 is 4.39 Å². The summed E-state index contributed by atoms with van der Waals surface area (Å²) < 4.78 is 60.2. The number of sulfone groups is 1. The Labute approximate surface area is 290 Å². The summed E-state index contributed by atoms with van der Waals surface area (Å²) in [6, 6.07) is 13.1. The van der Waals surface area contributed by atoms with Crippen molar-refractivity contribution in [2.45, 2.75) is 75.5 Å². The molecule has 1 amide bonds. The van der Waals surface area contributed by atoms with Gasteiger partial charge in [-0.15, -0.1) is 0 Å². The third kappa shape index (κ3) is 7.39. The van der Waals surface area contributed by atoms with Crippen LogP contribution in [0.2, 0.25) is 0 Å². The molecule has 0 radical (unpaired) electrons. The lowest BCUT2D eigenvalue weighted by Gasteiger charge is -2.33. The summed E-state index contributed by atoms with van der Waals surface area (Å²) in [7, 11) is -3.89. The summed E-state index contributed by atoms with van der Waals surface area (Å²) >= 11 is 0. The highest BCUT2D eigenvalue weighted by Gasteiger charge is 2.45. The van der Waals surface area contributed by atoms with Gasteiger partial charge in [0.1, 0.15) is 23.8 Å². The minimum absolute atomic E-state index is 0.00983. The van der Waals surface area contributed by atoms with E-state index in [2.05, 4.69) is 10.3 Å². The van der Waals surface area contributed by atoms with Crippen LogP contribution in [0.5, 0.6) is 11.5 Å². The van der Waals surface area contributed by atoms with Crippen molar-refractivity contribution in [3.8, 4) is 11.5 Å². The van der Waals surface area contributed by atoms with Crippen LogP contribution in [-0.2, 0) is 19.4 Å². The first-order chi connectivity index (χ1) is 23.7. The number of rotatable bonds is 12. The van der Waals surface area contributed by atoms with Crippen LogP contribution >= 0.6 is 0 Å². The van der Waals surface area contributed by atoms with Gasteiger partial charge in [0.2, 0.25) is 5.91 Å². The number of aromatic nitrogens is 1. The molecule has 1 aliphatic heterocycles. The smallest absolute Gasteiger partial charge is 0.490 e. The first-order valence-electron chi connectivity index (χ1n) is 16.3. The highest BCUT2D eigenvalue weighted by molar-refractivity contribution is 7.92. The first kappa shape index (κ1) is 36.2. The molecule has 14 heteroatoms. The number of likely N-dealkylation sites (tertiary alicyclic amines) is 1. The highest BCUT2D eigenvalue weighted by Crippen LogP contribution is 2.42. The Morgan fingerprint density at radius 2 is 1.82 bits per heavy atom. The molecule has 50 heavy (non-hydrogen) atoms. The van der Waals surface area contributed by atoms with Gasteiger partial charge in [0, 0.05) is 41.9 Å². The molecule has 1 saturated heterocycles. The standard InChI is InChI=1S/C36H41FN4O8S/c1-6-47-29-18-26(27(37)19-30(29)48-20(2)3)32(40-23-11-12-24-22(17-23)13-15-39-34(24)38)35(42)41-16-14-28(49-36(43)44)33(41)25-9-7-8-10-31(25)50(45,46)21(4)5/h7-13,15,17-21,28,32-33,40H,6,14,16H2,1-5H3,(H2,38,39)(H,43,44)/t28-,32+,33+/m0/s1. The number of nitrogens with zero attached hydrogens (tertiary/aromatic N) is 2. The van der Waals surface area contributed by atoms with E-state index in [0.29, 0.717) is 22.3 Å². The quantitative estimate of drug-likeness (QED) is 0.137. The van der Waals surface area contributed by atoms with Gasteiger partial charge in [-0.3, -0.25) is 4.79 Å². The molecule has 0 unspecified atom stereocenters. The molecule has 0 saturated carbocycles. The summed E-state index contributed by atoms with van der Waals surface area (Å²) in [6.45, 7) is 8.63. The lowest BCUT2D eigenvalue weighted by atomic mass is 9.99. The average molecular weight is 709 g/mol. The van der Waals surface area contributed by atoms with Crippen LogP contribution in [0.4, 0.5) is 20.7 Å². The molecular weight excluding hydrogens is 667 g/mol. The summed E-state index contributed by atoms with van der Waals surface area (Å²) in [5.74, 6) is -0.732. The van der Waals surface area contributed by atoms with Gasteiger partial charge in [0.25, 0.3) is 0 Å². The Morgan fingerprint density at radius 1 is 1.08 bits per heavy atom. The topological polar surface area (TPSA) is 170 Å². The number of nitrogens with two attached hydrogens (primary N) is 1. The van der Waals surface area contributed by atoms with Crippen LogP contribution in [0.15, 0.2) is 71.8 Å². The van der Waals surface area contributed by atoms with Gasteiger partial charge in [-0.1, -0.05) is 18.2 Å². The fourth-order valence-corrected chi connectivity index (χ4v) is 7.45.